The van der Waals surface area contributed by atoms with E-state index in [4.69, 9.17) is 9.84 Å². The van der Waals surface area contributed by atoms with E-state index in [9.17, 15) is 4.79 Å². The normalized spacial score (nSPS) is 10.0. The molecule has 3 nitrogen and oxygen atoms in total. The summed E-state index contributed by atoms with van der Waals surface area (Å²) >= 11 is 1.24. The molecule has 1 aromatic heterocycles. The summed E-state index contributed by atoms with van der Waals surface area (Å²) in [5.41, 5.74) is 0. The summed E-state index contributed by atoms with van der Waals surface area (Å²) in [6.45, 7) is 0.405. The molecule has 0 spiro atoms. The van der Waals surface area contributed by atoms with Crippen LogP contribution in [0.4, 0.5) is 0 Å². The zero-order valence-electron chi connectivity index (χ0n) is 8.42. The van der Waals surface area contributed by atoms with E-state index in [-0.39, 0.29) is 0 Å². The number of aromatic carboxylic acids is 1. The molecule has 2 rings (SSSR count). The lowest BCUT2D eigenvalue weighted by molar-refractivity contribution is 0.0702. The predicted octanol–water partition coefficient (Wildman–Crippen LogP) is 3.03. The van der Waals surface area contributed by atoms with Crippen LogP contribution >= 0.6 is 11.3 Å². The molecule has 0 bridgehead atoms. The summed E-state index contributed by atoms with van der Waals surface area (Å²) in [6.07, 6.45) is 0. The van der Waals surface area contributed by atoms with Crippen molar-refractivity contribution in [3.63, 3.8) is 0 Å². The summed E-state index contributed by atoms with van der Waals surface area (Å²) in [6, 6.07) is 12.8. The van der Waals surface area contributed by atoms with E-state index in [1.54, 1.807) is 12.1 Å². The fourth-order valence-electron chi connectivity index (χ4n) is 1.24. The number of para-hydroxylation sites is 1. The van der Waals surface area contributed by atoms with Gasteiger partial charge in [-0.3, -0.25) is 0 Å². The Kier molecular flexibility index (Phi) is 3.22. The molecule has 0 amide bonds. The van der Waals surface area contributed by atoms with Crippen LogP contribution in [0, 0.1) is 0 Å². The van der Waals surface area contributed by atoms with Crippen molar-refractivity contribution in [2.75, 3.05) is 0 Å². The molecule has 4 heteroatoms. The van der Waals surface area contributed by atoms with Gasteiger partial charge in [-0.1, -0.05) is 18.2 Å². The molecule has 0 unspecified atom stereocenters. The van der Waals surface area contributed by atoms with Gasteiger partial charge >= 0.3 is 5.97 Å². The highest BCUT2D eigenvalue weighted by Crippen LogP contribution is 2.19. The molecule has 2 aromatic rings. The molecule has 1 aromatic carbocycles. The molecule has 0 saturated heterocycles. The summed E-state index contributed by atoms with van der Waals surface area (Å²) in [5.74, 6) is -0.108. The van der Waals surface area contributed by atoms with Crippen molar-refractivity contribution in [1.82, 2.24) is 0 Å². The van der Waals surface area contributed by atoms with E-state index in [0.717, 1.165) is 10.6 Å². The maximum Gasteiger partial charge on any atom is 0.345 e. The van der Waals surface area contributed by atoms with Gasteiger partial charge in [0.1, 0.15) is 17.2 Å². The van der Waals surface area contributed by atoms with E-state index in [1.165, 1.54) is 11.3 Å². The van der Waals surface area contributed by atoms with Crippen LogP contribution in [0.1, 0.15) is 14.5 Å². The van der Waals surface area contributed by atoms with Gasteiger partial charge in [0, 0.05) is 4.88 Å². The average Bonchev–Trinajstić information content (AvgIpc) is 2.76. The second kappa shape index (κ2) is 4.81. The largest absolute Gasteiger partial charge is 0.488 e. The summed E-state index contributed by atoms with van der Waals surface area (Å²) in [5, 5.41) is 8.75. The van der Waals surface area contributed by atoms with Crippen molar-refractivity contribution in [2.45, 2.75) is 6.61 Å². The molecule has 0 aliphatic heterocycles. The molecule has 0 atom stereocenters. The molecule has 16 heavy (non-hydrogen) atoms. The first-order valence-corrected chi connectivity index (χ1v) is 5.57. The Bertz CT molecular complexity index is 476. The van der Waals surface area contributed by atoms with Gasteiger partial charge in [0.25, 0.3) is 0 Å². The zero-order chi connectivity index (χ0) is 11.4. The number of carbonyl (C=O) groups is 1. The van der Waals surface area contributed by atoms with Crippen LogP contribution in [0.2, 0.25) is 0 Å². The Hall–Kier alpha value is -1.81. The third kappa shape index (κ3) is 2.61. The van der Waals surface area contributed by atoms with E-state index >= 15 is 0 Å². The van der Waals surface area contributed by atoms with Crippen LogP contribution in [0.5, 0.6) is 5.75 Å². The Morgan fingerprint density at radius 1 is 1.19 bits per heavy atom. The molecular weight excluding hydrogens is 224 g/mol. The van der Waals surface area contributed by atoms with Crippen LogP contribution in [-0.4, -0.2) is 11.1 Å². The number of thiophene rings is 1. The van der Waals surface area contributed by atoms with E-state index < -0.39 is 5.97 Å². The number of ether oxygens (including phenoxy) is 1. The molecule has 0 saturated carbocycles. The van der Waals surface area contributed by atoms with Gasteiger partial charge in [0.15, 0.2) is 0 Å². The van der Waals surface area contributed by atoms with Crippen LogP contribution in [0.25, 0.3) is 0 Å². The Morgan fingerprint density at radius 2 is 1.94 bits per heavy atom. The van der Waals surface area contributed by atoms with Gasteiger partial charge in [-0.05, 0) is 24.3 Å². The standard InChI is InChI=1S/C12H10O3S/c13-12(14)11-7-6-10(16-11)8-15-9-4-2-1-3-5-9/h1-7H,8H2,(H,13,14). The van der Waals surface area contributed by atoms with Crippen LogP contribution in [0.3, 0.4) is 0 Å². The van der Waals surface area contributed by atoms with Crippen molar-refractivity contribution < 1.29 is 14.6 Å². The Labute approximate surface area is 96.9 Å². The quantitative estimate of drug-likeness (QED) is 0.884. The van der Waals surface area contributed by atoms with Crippen molar-refractivity contribution in [2.24, 2.45) is 0 Å². The fourth-order valence-corrected chi connectivity index (χ4v) is 2.00. The summed E-state index contributed by atoms with van der Waals surface area (Å²) < 4.78 is 5.50. The lowest BCUT2D eigenvalue weighted by Crippen LogP contribution is -1.92. The number of hydrogen-bond acceptors (Lipinski definition) is 3. The maximum absolute atomic E-state index is 10.7. The fraction of sp³-hybridized carbons (Fsp3) is 0.0833. The van der Waals surface area contributed by atoms with E-state index in [0.29, 0.717) is 11.5 Å². The first-order chi connectivity index (χ1) is 7.75. The van der Waals surface area contributed by atoms with Crippen LogP contribution < -0.4 is 4.74 Å². The monoisotopic (exact) mass is 234 g/mol. The van der Waals surface area contributed by atoms with E-state index in [2.05, 4.69) is 0 Å². The van der Waals surface area contributed by atoms with Gasteiger partial charge < -0.3 is 9.84 Å². The molecular formula is C12H10O3S. The van der Waals surface area contributed by atoms with Gasteiger partial charge in [-0.25, -0.2) is 4.79 Å². The third-order valence-electron chi connectivity index (χ3n) is 2.00. The lowest BCUT2D eigenvalue weighted by atomic mass is 10.3. The first-order valence-electron chi connectivity index (χ1n) is 4.75. The SMILES string of the molecule is O=C(O)c1ccc(COc2ccccc2)s1. The number of carboxylic acid groups (broad SMARTS) is 1. The highest BCUT2D eigenvalue weighted by molar-refractivity contribution is 7.13. The van der Waals surface area contributed by atoms with E-state index in [1.807, 2.05) is 30.3 Å². The highest BCUT2D eigenvalue weighted by Gasteiger charge is 2.06. The van der Waals surface area contributed by atoms with Gasteiger partial charge in [-0.2, -0.15) is 0 Å². The number of rotatable bonds is 4. The third-order valence-corrected chi connectivity index (χ3v) is 3.04. The minimum Gasteiger partial charge on any atom is -0.488 e. The highest BCUT2D eigenvalue weighted by atomic mass is 32.1. The summed E-state index contributed by atoms with van der Waals surface area (Å²) in [4.78, 5) is 11.9. The molecule has 82 valence electrons. The number of hydrogen-bond donors (Lipinski definition) is 1. The maximum atomic E-state index is 10.7. The molecule has 1 heterocycles. The first kappa shape index (κ1) is 10.7. The van der Waals surface area contributed by atoms with Crippen LogP contribution in [0.15, 0.2) is 42.5 Å². The zero-order valence-corrected chi connectivity index (χ0v) is 9.24. The molecule has 0 aliphatic rings. The van der Waals surface area contributed by atoms with Gasteiger partial charge in [0.2, 0.25) is 0 Å². The minimum atomic E-state index is -0.893. The smallest absolute Gasteiger partial charge is 0.345 e. The van der Waals surface area contributed by atoms with Gasteiger partial charge in [-0.15, -0.1) is 11.3 Å². The average molecular weight is 234 g/mol. The number of benzene rings is 1. The van der Waals surface area contributed by atoms with Crippen molar-refractivity contribution in [3.8, 4) is 5.75 Å². The molecule has 0 radical (unpaired) electrons. The molecule has 0 fully saturated rings. The van der Waals surface area contributed by atoms with Crippen molar-refractivity contribution in [1.29, 1.82) is 0 Å². The molecule has 1 N–H and O–H groups in total. The van der Waals surface area contributed by atoms with Crippen molar-refractivity contribution in [3.05, 3.63) is 52.2 Å². The predicted molar refractivity (Wildman–Crippen MR) is 62.1 cm³/mol. The Morgan fingerprint density at radius 3 is 2.56 bits per heavy atom. The van der Waals surface area contributed by atoms with Gasteiger partial charge in [0.05, 0.1) is 0 Å². The molecule has 0 aliphatic carbocycles. The lowest BCUT2D eigenvalue weighted by Gasteiger charge is -2.02. The van der Waals surface area contributed by atoms with Crippen LogP contribution in [-0.2, 0) is 6.61 Å². The van der Waals surface area contributed by atoms with Crippen molar-refractivity contribution >= 4 is 17.3 Å². The topological polar surface area (TPSA) is 46.5 Å². The number of carboxylic acids is 1. The second-order valence-electron chi connectivity index (χ2n) is 3.17. The Balaban J connectivity index is 1.97. The summed E-state index contributed by atoms with van der Waals surface area (Å²) in [7, 11) is 0. The minimum absolute atomic E-state index is 0.340. The second-order valence-corrected chi connectivity index (χ2v) is 4.34.